The predicted molar refractivity (Wildman–Crippen MR) is 236 cm³/mol. The van der Waals surface area contributed by atoms with E-state index in [2.05, 4.69) is 4.99 Å². The fourth-order valence-corrected chi connectivity index (χ4v) is 7.34. The average molecular weight is 1220 g/mol. The summed E-state index contributed by atoms with van der Waals surface area (Å²) in [4.78, 5) is 4.38. The second kappa shape index (κ2) is 28.3. The van der Waals surface area contributed by atoms with Crippen molar-refractivity contribution in [3.05, 3.63) is 47.5 Å². The lowest BCUT2D eigenvalue weighted by Gasteiger charge is -2.33. The van der Waals surface area contributed by atoms with Crippen LogP contribution >= 0.6 is 0 Å². The molecule has 0 spiro atoms. The van der Waals surface area contributed by atoms with E-state index in [-0.39, 0.29) is 61.3 Å². The van der Waals surface area contributed by atoms with Gasteiger partial charge in [0.1, 0.15) is 0 Å². The van der Waals surface area contributed by atoms with Crippen molar-refractivity contribution in [3.8, 4) is 17.2 Å². The summed E-state index contributed by atoms with van der Waals surface area (Å²) in [7, 11) is 0. The van der Waals surface area contributed by atoms with Crippen LogP contribution in [0.2, 0.25) is 0 Å². The molecule has 2 rings (SSSR count). The van der Waals surface area contributed by atoms with E-state index in [1.54, 1.807) is 24.3 Å². The highest BCUT2D eigenvalue weighted by molar-refractivity contribution is 5.87. The van der Waals surface area contributed by atoms with Gasteiger partial charge < -0.3 is 14.2 Å². The molecule has 2 aromatic rings. The van der Waals surface area contributed by atoms with Crippen molar-refractivity contribution in [1.82, 2.24) is 0 Å². The highest BCUT2D eigenvalue weighted by atomic mass is 19.4. The molecular weight excluding hydrogens is 1160 g/mol. The van der Waals surface area contributed by atoms with E-state index < -0.39 is 149 Å². The van der Waals surface area contributed by atoms with Gasteiger partial charge in [0.15, 0.2) is 11.5 Å². The van der Waals surface area contributed by atoms with Gasteiger partial charge in [0.2, 0.25) is 5.75 Å². The maximum absolute atomic E-state index is 14.1. The molecule has 0 saturated heterocycles. The largest absolute Gasteiger partial charge is 0.490 e. The first-order valence-electron chi connectivity index (χ1n) is 24.7. The lowest BCUT2D eigenvalue weighted by Crippen LogP contribution is -2.60. The molecule has 4 nitrogen and oxygen atoms in total. The Kier molecular flexibility index (Phi) is 25.3. The molecular formula is C49H56F27NO3. The molecule has 31 heteroatoms. The van der Waals surface area contributed by atoms with Crippen LogP contribution < -0.4 is 14.2 Å². The number of alkyl halides is 27. The highest BCUT2D eigenvalue weighted by Crippen LogP contribution is 2.57. The predicted octanol–water partition coefficient (Wildman–Crippen LogP) is 20.0. The van der Waals surface area contributed by atoms with Crippen LogP contribution in [0.25, 0.3) is 0 Å². The molecule has 464 valence electrons. The van der Waals surface area contributed by atoms with Crippen LogP contribution in [0.4, 0.5) is 124 Å². The fourth-order valence-electron chi connectivity index (χ4n) is 7.34. The van der Waals surface area contributed by atoms with E-state index in [1.165, 1.54) is 18.3 Å². The van der Waals surface area contributed by atoms with Crippen LogP contribution in [-0.2, 0) is 6.42 Å². The number of halogens is 27. The van der Waals surface area contributed by atoms with E-state index in [9.17, 15) is 119 Å². The van der Waals surface area contributed by atoms with Gasteiger partial charge in [-0.25, -0.2) is 0 Å². The van der Waals surface area contributed by atoms with Crippen molar-refractivity contribution in [2.75, 3.05) is 19.8 Å². The number of aryl methyl sites for hydroxylation is 1. The van der Waals surface area contributed by atoms with Crippen LogP contribution in [0.3, 0.4) is 0 Å². The van der Waals surface area contributed by atoms with E-state index in [4.69, 9.17) is 14.2 Å². The molecule has 0 heterocycles. The standard InChI is InChI=1S/C49H56F27NO3/c1-2-3-4-11-18-32-19-22-34(23-20-32)77-31-33-21-24-35(78-28-15-8-5-12-25-38(50,51)41(56,57)44(62,63)47(68,69)70)37(80-30-17-10-7-14-27-40(54,55)43(60,61)46(66,67)49(74,75)76)36(33)79-29-16-9-6-13-26-39(52,53)42(58,59)45(64,65)48(71,72)73/h19-24,31H,2-18,25-30H2,1H3. The molecule has 0 aliphatic heterocycles. The SMILES string of the molecule is CCCCCCc1ccc(N=Cc2ccc(OCCCCCCC(F)(F)C(F)(F)C(F)(F)C(F)(F)F)c(OCCCCCCC(F)(F)C(F)(F)C(F)(F)C(F)(F)F)c2OCCCCCCC(F)(F)C(F)(F)C(F)(F)C(F)(F)F)cc1. The zero-order valence-corrected chi connectivity index (χ0v) is 42.2. The van der Waals surface area contributed by atoms with E-state index in [1.807, 2.05) is 6.92 Å². The van der Waals surface area contributed by atoms with Crippen LogP contribution in [-0.4, -0.2) is 97.9 Å². The average Bonchev–Trinajstić information content (AvgIpc) is 3.33. The number of aliphatic imine (C=N–C) groups is 1. The first-order chi connectivity index (χ1) is 36.4. The minimum Gasteiger partial charge on any atom is -0.490 e. The number of hydrogen-bond donors (Lipinski definition) is 0. The van der Waals surface area contributed by atoms with Gasteiger partial charge in [-0.05, 0) is 81.2 Å². The van der Waals surface area contributed by atoms with Crippen molar-refractivity contribution < 1.29 is 133 Å². The molecule has 80 heavy (non-hydrogen) atoms. The third-order valence-electron chi connectivity index (χ3n) is 12.2. The van der Waals surface area contributed by atoms with Crippen molar-refractivity contribution in [3.63, 3.8) is 0 Å². The minimum absolute atomic E-state index is 0.0381. The zero-order valence-electron chi connectivity index (χ0n) is 42.2. The number of nitrogens with zero attached hydrogens (tertiary/aromatic N) is 1. The summed E-state index contributed by atoms with van der Waals surface area (Å²) >= 11 is 0. The van der Waals surface area contributed by atoms with Gasteiger partial charge in [0.25, 0.3) is 0 Å². The fraction of sp³-hybridized carbons (Fsp3) is 0.735. The number of ether oxygens (including phenoxy) is 3. The van der Waals surface area contributed by atoms with Gasteiger partial charge in [0.05, 0.1) is 25.5 Å². The van der Waals surface area contributed by atoms with Crippen molar-refractivity contribution in [2.24, 2.45) is 4.99 Å². The van der Waals surface area contributed by atoms with E-state index in [0.29, 0.717) is 5.69 Å². The second-order valence-electron chi connectivity index (χ2n) is 18.6. The molecule has 0 N–H and O–H groups in total. The van der Waals surface area contributed by atoms with Crippen molar-refractivity contribution >= 4 is 11.9 Å². The molecule has 0 amide bonds. The summed E-state index contributed by atoms with van der Waals surface area (Å²) in [5, 5.41) is 0. The van der Waals surface area contributed by atoms with Crippen molar-refractivity contribution in [2.45, 2.75) is 207 Å². The van der Waals surface area contributed by atoms with Gasteiger partial charge in [-0.3, -0.25) is 4.99 Å². The highest BCUT2D eigenvalue weighted by Gasteiger charge is 2.83. The second-order valence-corrected chi connectivity index (χ2v) is 18.6. The van der Waals surface area contributed by atoms with Gasteiger partial charge in [0, 0.05) is 31.0 Å². The maximum atomic E-state index is 14.1. The third kappa shape index (κ3) is 17.8. The Balaban J connectivity index is 2.41. The topological polar surface area (TPSA) is 40.0 Å². The Morgan fingerprint density at radius 1 is 0.350 bits per heavy atom. The molecule has 0 aliphatic carbocycles. The van der Waals surface area contributed by atoms with Gasteiger partial charge in [-0.1, -0.05) is 76.8 Å². The molecule has 2 aromatic carbocycles. The summed E-state index contributed by atoms with van der Waals surface area (Å²) in [5.41, 5.74) is 1.35. The Morgan fingerprint density at radius 3 is 1.05 bits per heavy atom. The molecule has 0 saturated carbocycles. The van der Waals surface area contributed by atoms with Crippen LogP contribution in [0, 0.1) is 0 Å². The Labute approximate surface area is 441 Å². The van der Waals surface area contributed by atoms with Crippen molar-refractivity contribution in [1.29, 1.82) is 0 Å². The lowest BCUT2D eigenvalue weighted by atomic mass is 9.98. The molecule has 0 aromatic heterocycles. The monoisotopic (exact) mass is 1220 g/mol. The minimum atomic E-state index is -7.11. The molecule has 0 bridgehead atoms. The van der Waals surface area contributed by atoms with E-state index in [0.717, 1.165) is 37.7 Å². The molecule has 0 unspecified atom stereocenters. The third-order valence-corrected chi connectivity index (χ3v) is 12.2. The van der Waals surface area contributed by atoms with Gasteiger partial charge in [-0.2, -0.15) is 119 Å². The first-order valence-corrected chi connectivity index (χ1v) is 24.7. The maximum Gasteiger partial charge on any atom is 0.460 e. The molecule has 0 aliphatic rings. The summed E-state index contributed by atoms with van der Waals surface area (Å²) in [6, 6.07) is 9.32. The number of hydrogen-bond acceptors (Lipinski definition) is 4. The van der Waals surface area contributed by atoms with Crippen LogP contribution in [0.15, 0.2) is 41.4 Å². The summed E-state index contributed by atoms with van der Waals surface area (Å²) in [6.07, 6.45) is -27.4. The number of unbranched alkanes of at least 4 members (excludes halogenated alkanes) is 12. The molecule has 0 radical (unpaired) electrons. The zero-order chi connectivity index (χ0) is 61.5. The van der Waals surface area contributed by atoms with Crippen LogP contribution in [0.1, 0.15) is 140 Å². The normalized spacial score (nSPS) is 14.3. The first kappa shape index (κ1) is 71.7. The summed E-state index contributed by atoms with van der Waals surface area (Å²) < 4.78 is 377. The summed E-state index contributed by atoms with van der Waals surface area (Å²) in [5.74, 6) is -60.2. The molecule has 0 fully saturated rings. The Hall–Kier alpha value is -4.38. The van der Waals surface area contributed by atoms with E-state index >= 15 is 0 Å². The smallest absolute Gasteiger partial charge is 0.460 e. The number of benzene rings is 2. The molecule has 0 atom stereocenters. The van der Waals surface area contributed by atoms with Gasteiger partial charge >= 0.3 is 71.8 Å². The summed E-state index contributed by atoms with van der Waals surface area (Å²) in [6.45, 7) is 0.637. The Morgan fingerprint density at radius 2 is 0.688 bits per heavy atom. The van der Waals surface area contributed by atoms with Gasteiger partial charge in [-0.15, -0.1) is 0 Å². The van der Waals surface area contributed by atoms with Crippen LogP contribution in [0.5, 0.6) is 17.2 Å². The quantitative estimate of drug-likeness (QED) is 0.0385. The Bertz CT molecular complexity index is 2190. The number of rotatable bonds is 37. The lowest BCUT2D eigenvalue weighted by molar-refractivity contribution is -0.396.